The highest BCUT2D eigenvalue weighted by atomic mass is 28.3. The van der Waals surface area contributed by atoms with Crippen LogP contribution in [0.2, 0.25) is 19.6 Å². The number of aromatic nitrogens is 3. The third-order valence-electron chi connectivity index (χ3n) is 2.98. The summed E-state index contributed by atoms with van der Waals surface area (Å²) in [5, 5.41) is 8.49. The van der Waals surface area contributed by atoms with Gasteiger partial charge in [-0.1, -0.05) is 37.0 Å². The maximum atomic E-state index is 5.49. The lowest BCUT2D eigenvalue weighted by Crippen LogP contribution is -2.35. The van der Waals surface area contributed by atoms with Gasteiger partial charge in [0.1, 0.15) is 5.52 Å². The number of hydrogen-bond acceptors (Lipinski definition) is 2. The number of fused-ring (bicyclic) bond motifs is 1. The lowest BCUT2D eigenvalue weighted by molar-refractivity contribution is 0.575. The Balaban J connectivity index is 2.54. The van der Waals surface area contributed by atoms with Crippen LogP contribution in [0.5, 0.6) is 0 Å². The molecule has 17 heavy (non-hydrogen) atoms. The Morgan fingerprint density at radius 1 is 1.35 bits per heavy atom. The molecular formula is C13H17N3Si. The normalized spacial score (nSPS) is 13.5. The van der Waals surface area contributed by atoms with Crippen LogP contribution >= 0.6 is 0 Å². The molecule has 88 valence electrons. The van der Waals surface area contributed by atoms with Crippen molar-refractivity contribution < 1.29 is 0 Å². The Labute approximate surface area is 103 Å². The molecule has 0 fully saturated rings. The van der Waals surface area contributed by atoms with Gasteiger partial charge >= 0.3 is 0 Å². The summed E-state index contributed by atoms with van der Waals surface area (Å²) in [6, 6.07) is 8.03. The molecule has 1 aromatic carbocycles. The Kier molecular flexibility index (Phi) is 3.03. The molecule has 1 unspecified atom stereocenters. The van der Waals surface area contributed by atoms with E-state index in [0.717, 1.165) is 17.5 Å². The monoisotopic (exact) mass is 243 g/mol. The second kappa shape index (κ2) is 4.34. The van der Waals surface area contributed by atoms with Crippen molar-refractivity contribution in [2.24, 2.45) is 0 Å². The summed E-state index contributed by atoms with van der Waals surface area (Å²) in [6.45, 7) is 6.93. The molecule has 2 aromatic rings. The number of para-hydroxylation sites is 1. The van der Waals surface area contributed by atoms with Crippen LogP contribution in [-0.2, 0) is 0 Å². The minimum atomic E-state index is -1.41. The van der Waals surface area contributed by atoms with Crippen molar-refractivity contribution in [1.82, 2.24) is 15.0 Å². The van der Waals surface area contributed by atoms with Gasteiger partial charge in [-0.05, 0) is 12.1 Å². The molecule has 0 aliphatic carbocycles. The van der Waals surface area contributed by atoms with E-state index < -0.39 is 8.07 Å². The lowest BCUT2D eigenvalue weighted by Gasteiger charge is -2.27. The second-order valence-electron chi connectivity index (χ2n) is 5.31. The largest absolute Gasteiger partial charge is 0.244 e. The fraction of sp³-hybridized carbons (Fsp3) is 0.385. The Bertz CT molecular complexity index is 560. The van der Waals surface area contributed by atoms with E-state index in [1.807, 2.05) is 22.9 Å². The van der Waals surface area contributed by atoms with Gasteiger partial charge in [0.25, 0.3) is 0 Å². The predicted octanol–water partition coefficient (Wildman–Crippen LogP) is 2.87. The molecule has 3 nitrogen and oxygen atoms in total. The first-order chi connectivity index (χ1) is 8.04. The van der Waals surface area contributed by atoms with Crippen molar-refractivity contribution in [1.29, 1.82) is 0 Å². The van der Waals surface area contributed by atoms with Crippen molar-refractivity contribution in [3.8, 4) is 12.3 Å². The minimum Gasteiger partial charge on any atom is -0.244 e. The first-order valence-corrected chi connectivity index (χ1v) is 9.35. The molecule has 1 atom stereocenters. The molecule has 0 aliphatic rings. The molecule has 1 heterocycles. The van der Waals surface area contributed by atoms with E-state index in [1.54, 1.807) is 0 Å². The average Bonchev–Trinajstić information content (AvgIpc) is 2.68. The van der Waals surface area contributed by atoms with Crippen LogP contribution in [0.25, 0.3) is 11.0 Å². The molecule has 1 aromatic heterocycles. The van der Waals surface area contributed by atoms with Gasteiger partial charge in [0.05, 0.1) is 19.3 Å². The van der Waals surface area contributed by atoms with E-state index in [4.69, 9.17) is 6.42 Å². The standard InChI is InChI=1S/C13H17N3Si/c1-5-8-13(17(2,3)4)16-12-10-7-6-9-11(12)14-15-16/h1,6-7,9-10,13H,8H2,2-4H3. The van der Waals surface area contributed by atoms with Crippen LogP contribution in [0.3, 0.4) is 0 Å². The van der Waals surface area contributed by atoms with Gasteiger partial charge in [0, 0.05) is 6.42 Å². The zero-order valence-corrected chi connectivity index (χ0v) is 11.5. The molecule has 0 radical (unpaired) electrons. The van der Waals surface area contributed by atoms with Crippen LogP contribution < -0.4 is 0 Å². The molecule has 2 rings (SSSR count). The average molecular weight is 243 g/mol. The van der Waals surface area contributed by atoms with Gasteiger partial charge in [0.2, 0.25) is 0 Å². The van der Waals surface area contributed by atoms with Crippen molar-refractivity contribution in [2.75, 3.05) is 0 Å². The molecule has 4 heteroatoms. The van der Waals surface area contributed by atoms with Gasteiger partial charge in [-0.2, -0.15) is 0 Å². The predicted molar refractivity (Wildman–Crippen MR) is 73.4 cm³/mol. The SMILES string of the molecule is C#CCC(n1nnc2ccccc21)[Si](C)(C)C. The van der Waals surface area contributed by atoms with Crippen LogP contribution in [-0.4, -0.2) is 23.1 Å². The zero-order chi connectivity index (χ0) is 12.5. The highest BCUT2D eigenvalue weighted by Gasteiger charge is 2.29. The molecule has 0 bridgehead atoms. The first kappa shape index (κ1) is 11.9. The zero-order valence-electron chi connectivity index (χ0n) is 10.5. The maximum Gasteiger partial charge on any atom is 0.113 e. The Morgan fingerprint density at radius 3 is 2.71 bits per heavy atom. The smallest absolute Gasteiger partial charge is 0.113 e. The maximum absolute atomic E-state index is 5.49. The fourth-order valence-corrected chi connectivity index (χ4v) is 3.64. The van der Waals surface area contributed by atoms with Gasteiger partial charge < -0.3 is 0 Å². The third-order valence-corrected chi connectivity index (χ3v) is 5.43. The summed E-state index contributed by atoms with van der Waals surface area (Å²) in [5.74, 6) is 2.77. The molecule has 0 aliphatic heterocycles. The molecular weight excluding hydrogens is 226 g/mol. The number of rotatable bonds is 3. The van der Waals surface area contributed by atoms with E-state index in [2.05, 4.69) is 41.9 Å². The Hall–Kier alpha value is -1.60. The molecule has 0 spiro atoms. The Morgan fingerprint density at radius 2 is 2.06 bits per heavy atom. The summed E-state index contributed by atoms with van der Waals surface area (Å²) in [5.41, 5.74) is 2.32. The molecule has 0 saturated heterocycles. The highest BCUT2D eigenvalue weighted by Crippen LogP contribution is 2.26. The summed E-state index contributed by atoms with van der Waals surface area (Å²) in [7, 11) is -1.41. The topological polar surface area (TPSA) is 30.7 Å². The van der Waals surface area contributed by atoms with Gasteiger partial charge in [-0.15, -0.1) is 17.4 Å². The number of benzene rings is 1. The van der Waals surface area contributed by atoms with Crippen molar-refractivity contribution >= 4 is 19.1 Å². The number of hydrogen-bond donors (Lipinski definition) is 0. The van der Waals surface area contributed by atoms with Crippen molar-refractivity contribution in [2.45, 2.75) is 31.7 Å². The minimum absolute atomic E-state index is 0.305. The van der Waals surface area contributed by atoms with Gasteiger partial charge in [0.15, 0.2) is 0 Å². The molecule has 0 N–H and O–H groups in total. The van der Waals surface area contributed by atoms with Crippen LogP contribution in [0.15, 0.2) is 24.3 Å². The number of terminal acetylenes is 1. The number of nitrogens with zero attached hydrogens (tertiary/aromatic N) is 3. The van der Waals surface area contributed by atoms with E-state index in [0.29, 0.717) is 5.67 Å². The van der Waals surface area contributed by atoms with E-state index in [9.17, 15) is 0 Å². The van der Waals surface area contributed by atoms with Crippen LogP contribution in [0.4, 0.5) is 0 Å². The summed E-state index contributed by atoms with van der Waals surface area (Å²) < 4.78 is 2.02. The van der Waals surface area contributed by atoms with Crippen molar-refractivity contribution in [3.63, 3.8) is 0 Å². The second-order valence-corrected chi connectivity index (χ2v) is 10.7. The van der Waals surface area contributed by atoms with Gasteiger partial charge in [-0.25, -0.2) is 4.68 Å². The summed E-state index contributed by atoms with van der Waals surface area (Å²) in [6.07, 6.45) is 6.21. The molecule has 0 saturated carbocycles. The summed E-state index contributed by atoms with van der Waals surface area (Å²) >= 11 is 0. The lowest BCUT2D eigenvalue weighted by atomic mass is 10.3. The quantitative estimate of drug-likeness (QED) is 0.613. The van der Waals surface area contributed by atoms with Gasteiger partial charge in [-0.3, -0.25) is 0 Å². The van der Waals surface area contributed by atoms with Crippen LogP contribution in [0, 0.1) is 12.3 Å². The van der Waals surface area contributed by atoms with E-state index >= 15 is 0 Å². The van der Waals surface area contributed by atoms with E-state index in [1.165, 1.54) is 0 Å². The van der Waals surface area contributed by atoms with Crippen molar-refractivity contribution in [3.05, 3.63) is 24.3 Å². The first-order valence-electron chi connectivity index (χ1n) is 5.77. The third kappa shape index (κ3) is 2.24. The fourth-order valence-electron chi connectivity index (χ4n) is 1.99. The molecule has 0 amide bonds. The van der Waals surface area contributed by atoms with Crippen LogP contribution in [0.1, 0.15) is 12.1 Å². The van der Waals surface area contributed by atoms with E-state index in [-0.39, 0.29) is 0 Å². The summed E-state index contributed by atoms with van der Waals surface area (Å²) in [4.78, 5) is 0. The highest BCUT2D eigenvalue weighted by molar-refractivity contribution is 6.76.